The van der Waals surface area contributed by atoms with E-state index in [1.165, 1.54) is 22.9 Å². The van der Waals surface area contributed by atoms with Crippen molar-refractivity contribution in [3.63, 3.8) is 0 Å². The average Bonchev–Trinajstić information content (AvgIpc) is 2.47. The normalized spacial score (nSPS) is 20.1. The lowest BCUT2D eigenvalue weighted by Crippen LogP contribution is -2.34. The van der Waals surface area contributed by atoms with Crippen molar-refractivity contribution >= 4 is 23.3 Å². The molecule has 14 heavy (non-hydrogen) atoms. The first-order chi connectivity index (χ1) is 6.43. The van der Waals surface area contributed by atoms with Crippen molar-refractivity contribution < 1.29 is 0 Å². The minimum atomic E-state index is 0. The molecule has 0 bridgehead atoms. The van der Waals surface area contributed by atoms with Gasteiger partial charge in [-0.05, 0) is 36.0 Å². The summed E-state index contributed by atoms with van der Waals surface area (Å²) in [5, 5.41) is 4.70. The number of aromatic amines is 1. The Morgan fingerprint density at radius 2 is 2.07 bits per heavy atom. The molecule has 2 heterocycles. The topological polar surface area (TPSA) is 27.8 Å². The molecule has 1 atom stereocenters. The predicted octanol–water partition coefficient (Wildman–Crippen LogP) is 2.62. The van der Waals surface area contributed by atoms with Crippen molar-refractivity contribution in [1.29, 1.82) is 0 Å². The van der Waals surface area contributed by atoms with E-state index < -0.39 is 0 Å². The molecule has 0 radical (unpaired) electrons. The molecule has 2 nitrogen and oxygen atoms in total. The fourth-order valence-corrected chi connectivity index (χ4v) is 1.86. The highest BCUT2D eigenvalue weighted by Gasteiger charge is 2.18. The van der Waals surface area contributed by atoms with Gasteiger partial charge in [0, 0.05) is 17.8 Å². The third-order valence-corrected chi connectivity index (χ3v) is 2.81. The van der Waals surface area contributed by atoms with Gasteiger partial charge in [0.05, 0.1) is 0 Å². The summed E-state index contributed by atoms with van der Waals surface area (Å²) in [5.74, 6) is 0. The van der Waals surface area contributed by atoms with Crippen molar-refractivity contribution in [3.8, 4) is 0 Å². The molecule has 1 aliphatic rings. The second kappa shape index (κ2) is 3.64. The van der Waals surface area contributed by atoms with Crippen LogP contribution in [0.1, 0.15) is 18.0 Å². The second-order valence-electron chi connectivity index (χ2n) is 3.62. The zero-order valence-corrected chi connectivity index (χ0v) is 8.60. The Morgan fingerprint density at radius 3 is 2.79 bits per heavy atom. The number of fused-ring (bicyclic) bond motifs is 1. The number of halogens is 1. The Bertz CT molecular complexity index is 432. The van der Waals surface area contributed by atoms with Gasteiger partial charge in [0.1, 0.15) is 0 Å². The van der Waals surface area contributed by atoms with Crippen molar-refractivity contribution in [2.24, 2.45) is 0 Å². The van der Waals surface area contributed by atoms with Gasteiger partial charge in [0.15, 0.2) is 0 Å². The standard InChI is InChI=1S/C11H12N2.ClH/c1-2-9(10-4-6-12-10)7-11-8(1)3-5-13-11;/h1-3,5,7,10,12-13H,4,6H2;1H/t10-;/m0./s1. The van der Waals surface area contributed by atoms with E-state index in [9.17, 15) is 0 Å². The second-order valence-corrected chi connectivity index (χ2v) is 3.62. The molecule has 3 heteroatoms. The number of H-pyrrole nitrogens is 1. The number of nitrogens with one attached hydrogen (secondary N) is 2. The summed E-state index contributed by atoms with van der Waals surface area (Å²) in [4.78, 5) is 3.24. The molecule has 0 unspecified atom stereocenters. The van der Waals surface area contributed by atoms with Gasteiger partial charge in [-0.15, -0.1) is 12.4 Å². The first kappa shape index (κ1) is 9.56. The summed E-state index contributed by atoms with van der Waals surface area (Å²) in [6, 6.07) is 9.33. The SMILES string of the molecule is Cl.c1cc2ccc([C@@H]3CCN3)cc2[nH]1. The number of hydrogen-bond donors (Lipinski definition) is 2. The summed E-state index contributed by atoms with van der Waals surface area (Å²) in [6.07, 6.45) is 3.26. The third-order valence-electron chi connectivity index (χ3n) is 2.81. The van der Waals surface area contributed by atoms with E-state index in [2.05, 4.69) is 34.6 Å². The number of aromatic nitrogens is 1. The molecule has 1 aromatic heterocycles. The minimum absolute atomic E-state index is 0. The Hall–Kier alpha value is -0.990. The summed E-state index contributed by atoms with van der Waals surface area (Å²) < 4.78 is 0. The van der Waals surface area contributed by atoms with Crippen molar-refractivity contribution in [3.05, 3.63) is 36.0 Å². The highest BCUT2D eigenvalue weighted by molar-refractivity contribution is 5.85. The van der Waals surface area contributed by atoms with Crippen LogP contribution >= 0.6 is 12.4 Å². The number of rotatable bonds is 1. The molecule has 0 amide bonds. The van der Waals surface area contributed by atoms with Gasteiger partial charge in [-0.1, -0.05) is 12.1 Å². The van der Waals surface area contributed by atoms with Gasteiger partial charge in [-0.25, -0.2) is 0 Å². The maximum Gasteiger partial charge on any atom is 0.0457 e. The summed E-state index contributed by atoms with van der Waals surface area (Å²) >= 11 is 0. The van der Waals surface area contributed by atoms with Gasteiger partial charge >= 0.3 is 0 Å². The van der Waals surface area contributed by atoms with Crippen LogP contribution in [0.5, 0.6) is 0 Å². The molecule has 0 spiro atoms. The van der Waals surface area contributed by atoms with Crippen LogP contribution < -0.4 is 5.32 Å². The van der Waals surface area contributed by atoms with E-state index in [0.717, 1.165) is 6.54 Å². The van der Waals surface area contributed by atoms with E-state index in [0.29, 0.717) is 6.04 Å². The van der Waals surface area contributed by atoms with Crippen LogP contribution in [0.2, 0.25) is 0 Å². The Kier molecular flexibility index (Phi) is 2.48. The summed E-state index contributed by atoms with van der Waals surface area (Å²) in [5.41, 5.74) is 2.65. The minimum Gasteiger partial charge on any atom is -0.361 e. The quantitative estimate of drug-likeness (QED) is 0.741. The summed E-state index contributed by atoms with van der Waals surface area (Å²) in [6.45, 7) is 1.16. The maximum atomic E-state index is 3.40. The van der Waals surface area contributed by atoms with Crippen LogP contribution in [0.4, 0.5) is 0 Å². The maximum absolute atomic E-state index is 3.40. The van der Waals surface area contributed by atoms with Crippen LogP contribution in [0, 0.1) is 0 Å². The zero-order valence-electron chi connectivity index (χ0n) is 7.79. The molecule has 74 valence electrons. The molecule has 3 rings (SSSR count). The van der Waals surface area contributed by atoms with E-state index in [4.69, 9.17) is 0 Å². The molecule has 0 saturated carbocycles. The predicted molar refractivity (Wildman–Crippen MR) is 60.9 cm³/mol. The van der Waals surface area contributed by atoms with Gasteiger partial charge in [-0.3, -0.25) is 0 Å². The molecule has 2 N–H and O–H groups in total. The fourth-order valence-electron chi connectivity index (χ4n) is 1.86. The zero-order chi connectivity index (χ0) is 8.67. The fraction of sp³-hybridized carbons (Fsp3) is 0.273. The van der Waals surface area contributed by atoms with Crippen LogP contribution in [0.25, 0.3) is 10.9 Å². The van der Waals surface area contributed by atoms with Crippen LogP contribution in [-0.4, -0.2) is 11.5 Å². The third kappa shape index (κ3) is 1.41. The molecule has 2 aromatic rings. The van der Waals surface area contributed by atoms with Crippen LogP contribution in [0.15, 0.2) is 30.5 Å². The molecular formula is C11H13ClN2. The molecule has 1 aromatic carbocycles. The van der Waals surface area contributed by atoms with E-state index in [1.54, 1.807) is 0 Å². The highest BCUT2D eigenvalue weighted by Crippen LogP contribution is 2.25. The lowest BCUT2D eigenvalue weighted by atomic mass is 9.97. The largest absolute Gasteiger partial charge is 0.361 e. The summed E-state index contributed by atoms with van der Waals surface area (Å²) in [7, 11) is 0. The Balaban J connectivity index is 0.000000750. The lowest BCUT2D eigenvalue weighted by molar-refractivity contribution is 0.383. The van der Waals surface area contributed by atoms with Gasteiger partial charge in [0.2, 0.25) is 0 Å². The Morgan fingerprint density at radius 1 is 1.21 bits per heavy atom. The van der Waals surface area contributed by atoms with Crippen LogP contribution in [-0.2, 0) is 0 Å². The number of hydrogen-bond acceptors (Lipinski definition) is 1. The molecular weight excluding hydrogens is 196 g/mol. The molecule has 1 fully saturated rings. The smallest absolute Gasteiger partial charge is 0.0457 e. The first-order valence-corrected chi connectivity index (χ1v) is 4.74. The monoisotopic (exact) mass is 208 g/mol. The van der Waals surface area contributed by atoms with Crippen molar-refractivity contribution in [2.75, 3.05) is 6.54 Å². The average molecular weight is 209 g/mol. The Labute approximate surface area is 89.1 Å². The number of benzene rings is 1. The van der Waals surface area contributed by atoms with E-state index >= 15 is 0 Å². The molecule has 1 saturated heterocycles. The molecule has 1 aliphatic heterocycles. The van der Waals surface area contributed by atoms with Gasteiger partial charge in [0.25, 0.3) is 0 Å². The van der Waals surface area contributed by atoms with E-state index in [-0.39, 0.29) is 12.4 Å². The first-order valence-electron chi connectivity index (χ1n) is 4.74. The van der Waals surface area contributed by atoms with Crippen molar-refractivity contribution in [1.82, 2.24) is 10.3 Å². The van der Waals surface area contributed by atoms with Crippen molar-refractivity contribution in [2.45, 2.75) is 12.5 Å². The van der Waals surface area contributed by atoms with Crippen LogP contribution in [0.3, 0.4) is 0 Å². The highest BCUT2D eigenvalue weighted by atomic mass is 35.5. The van der Waals surface area contributed by atoms with E-state index in [1.807, 2.05) is 6.20 Å². The van der Waals surface area contributed by atoms with Gasteiger partial charge in [-0.2, -0.15) is 0 Å². The molecule has 0 aliphatic carbocycles. The van der Waals surface area contributed by atoms with Gasteiger partial charge < -0.3 is 10.3 Å². The lowest BCUT2D eigenvalue weighted by Gasteiger charge is -2.27.